The van der Waals surface area contributed by atoms with Gasteiger partial charge < -0.3 is 5.32 Å². The SMILES string of the molecule is CC(C)(C)CC(=O)N=C1C(=O)Nc2ccccc2C1=O. The number of nitrogens with zero attached hydrogens (tertiary/aromatic N) is 1. The van der Waals surface area contributed by atoms with Crippen LogP contribution in [0.4, 0.5) is 5.69 Å². The highest BCUT2D eigenvalue weighted by atomic mass is 16.2. The predicted molar refractivity (Wildman–Crippen MR) is 75.9 cm³/mol. The fraction of sp³-hybridized carbons (Fsp3) is 0.333. The number of carbonyl (C=O) groups is 3. The fourth-order valence-electron chi connectivity index (χ4n) is 1.92. The van der Waals surface area contributed by atoms with Gasteiger partial charge in [0.15, 0.2) is 5.71 Å². The summed E-state index contributed by atoms with van der Waals surface area (Å²) in [5.74, 6) is -1.60. The summed E-state index contributed by atoms with van der Waals surface area (Å²) in [6, 6.07) is 6.65. The van der Waals surface area contributed by atoms with Crippen LogP contribution in [0.1, 0.15) is 37.6 Å². The standard InChI is InChI=1S/C15H16N2O3/c1-15(2,3)8-11(18)17-12-13(19)9-6-4-5-7-10(9)16-14(12)20/h4-7H,8H2,1-3H3,(H,16,20). The average Bonchev–Trinajstić information content (AvgIpc) is 2.32. The van der Waals surface area contributed by atoms with Crippen molar-refractivity contribution in [3.05, 3.63) is 29.8 Å². The van der Waals surface area contributed by atoms with Crippen LogP contribution in [0.15, 0.2) is 29.3 Å². The second-order valence-corrected chi connectivity index (χ2v) is 5.92. The highest BCUT2D eigenvalue weighted by molar-refractivity contribution is 6.73. The first-order chi connectivity index (χ1) is 9.28. The van der Waals surface area contributed by atoms with Gasteiger partial charge in [-0.2, -0.15) is 0 Å². The number of benzene rings is 1. The molecule has 1 aromatic rings. The van der Waals surface area contributed by atoms with Crippen molar-refractivity contribution in [1.29, 1.82) is 0 Å². The fourth-order valence-corrected chi connectivity index (χ4v) is 1.92. The van der Waals surface area contributed by atoms with E-state index in [2.05, 4.69) is 10.3 Å². The van der Waals surface area contributed by atoms with E-state index >= 15 is 0 Å². The number of amides is 2. The molecule has 0 atom stereocenters. The lowest BCUT2D eigenvalue weighted by Crippen LogP contribution is -2.36. The van der Waals surface area contributed by atoms with E-state index in [0.29, 0.717) is 11.3 Å². The Kier molecular flexibility index (Phi) is 3.53. The zero-order chi connectivity index (χ0) is 14.9. The minimum absolute atomic E-state index is 0.179. The summed E-state index contributed by atoms with van der Waals surface area (Å²) in [6.45, 7) is 5.68. The summed E-state index contributed by atoms with van der Waals surface area (Å²) in [5, 5.41) is 2.57. The number of hydrogen-bond donors (Lipinski definition) is 1. The predicted octanol–water partition coefficient (Wildman–Crippen LogP) is 2.23. The van der Waals surface area contributed by atoms with E-state index in [4.69, 9.17) is 0 Å². The maximum absolute atomic E-state index is 12.2. The van der Waals surface area contributed by atoms with E-state index < -0.39 is 17.6 Å². The first kappa shape index (κ1) is 14.1. The molecule has 104 valence electrons. The minimum Gasteiger partial charge on any atom is -0.320 e. The van der Waals surface area contributed by atoms with Gasteiger partial charge in [-0.05, 0) is 17.5 Å². The number of ketones is 1. The molecule has 5 heteroatoms. The summed E-state index contributed by atoms with van der Waals surface area (Å²) in [5.41, 5.74) is 0.227. The van der Waals surface area contributed by atoms with Crippen LogP contribution in [0.3, 0.4) is 0 Å². The molecule has 0 aromatic heterocycles. The zero-order valence-corrected chi connectivity index (χ0v) is 11.7. The van der Waals surface area contributed by atoms with Crippen LogP contribution < -0.4 is 5.32 Å². The van der Waals surface area contributed by atoms with E-state index in [1.54, 1.807) is 24.3 Å². The van der Waals surface area contributed by atoms with Crippen molar-refractivity contribution in [2.75, 3.05) is 5.32 Å². The number of para-hydroxylation sites is 1. The number of Topliss-reactive ketones (excluding diaryl/α,β-unsaturated/α-hetero) is 1. The molecule has 5 nitrogen and oxygen atoms in total. The van der Waals surface area contributed by atoms with Crippen LogP contribution in [-0.4, -0.2) is 23.3 Å². The van der Waals surface area contributed by atoms with Gasteiger partial charge in [0.1, 0.15) is 0 Å². The Hall–Kier alpha value is -2.30. The first-order valence-electron chi connectivity index (χ1n) is 6.34. The maximum atomic E-state index is 12.2. The monoisotopic (exact) mass is 272 g/mol. The van der Waals surface area contributed by atoms with Crippen molar-refractivity contribution in [2.24, 2.45) is 10.4 Å². The van der Waals surface area contributed by atoms with Gasteiger partial charge in [-0.15, -0.1) is 0 Å². The molecule has 0 radical (unpaired) electrons. The smallest absolute Gasteiger partial charge is 0.278 e. The molecule has 1 heterocycles. The van der Waals surface area contributed by atoms with E-state index in [9.17, 15) is 14.4 Å². The van der Waals surface area contributed by atoms with Gasteiger partial charge in [0.05, 0.1) is 5.69 Å². The molecular weight excluding hydrogens is 256 g/mol. The highest BCUT2D eigenvalue weighted by Gasteiger charge is 2.31. The summed E-state index contributed by atoms with van der Waals surface area (Å²) < 4.78 is 0. The molecule has 0 aliphatic carbocycles. The van der Waals surface area contributed by atoms with Crippen molar-refractivity contribution in [2.45, 2.75) is 27.2 Å². The van der Waals surface area contributed by atoms with Gasteiger partial charge in [0.2, 0.25) is 11.7 Å². The van der Waals surface area contributed by atoms with Crippen molar-refractivity contribution < 1.29 is 14.4 Å². The summed E-state index contributed by atoms with van der Waals surface area (Å²) in [4.78, 5) is 39.5. The van der Waals surface area contributed by atoms with Crippen LogP contribution in [0.25, 0.3) is 0 Å². The van der Waals surface area contributed by atoms with Crippen molar-refractivity contribution in [3.8, 4) is 0 Å². The number of nitrogens with one attached hydrogen (secondary N) is 1. The Balaban J connectivity index is 2.32. The van der Waals surface area contributed by atoms with Crippen molar-refractivity contribution in [1.82, 2.24) is 0 Å². The van der Waals surface area contributed by atoms with E-state index in [0.717, 1.165) is 0 Å². The van der Waals surface area contributed by atoms with Crippen molar-refractivity contribution >= 4 is 29.0 Å². The van der Waals surface area contributed by atoms with E-state index in [-0.39, 0.29) is 17.5 Å². The lowest BCUT2D eigenvalue weighted by Gasteiger charge is -2.18. The summed E-state index contributed by atoms with van der Waals surface area (Å²) in [6.07, 6.45) is 0.179. The molecule has 0 saturated carbocycles. The molecule has 1 aliphatic heterocycles. The number of anilines is 1. The lowest BCUT2D eigenvalue weighted by atomic mass is 9.92. The van der Waals surface area contributed by atoms with E-state index in [1.165, 1.54) is 0 Å². The van der Waals surface area contributed by atoms with Gasteiger partial charge in [-0.25, -0.2) is 4.99 Å². The molecule has 2 amide bonds. The maximum Gasteiger partial charge on any atom is 0.278 e. The van der Waals surface area contributed by atoms with Gasteiger partial charge in [-0.1, -0.05) is 32.9 Å². The second kappa shape index (κ2) is 5.00. The Labute approximate surface area is 117 Å². The lowest BCUT2D eigenvalue weighted by molar-refractivity contribution is -0.120. The van der Waals surface area contributed by atoms with Gasteiger partial charge in [-0.3, -0.25) is 14.4 Å². The molecule has 0 bridgehead atoms. The number of carbonyl (C=O) groups excluding carboxylic acids is 3. The molecule has 0 spiro atoms. The molecule has 20 heavy (non-hydrogen) atoms. The van der Waals surface area contributed by atoms with Gasteiger partial charge >= 0.3 is 0 Å². The first-order valence-corrected chi connectivity index (χ1v) is 6.34. The average molecular weight is 272 g/mol. The molecule has 1 aromatic carbocycles. The molecule has 0 saturated heterocycles. The minimum atomic E-state index is -0.629. The summed E-state index contributed by atoms with van der Waals surface area (Å²) >= 11 is 0. The third-order valence-electron chi connectivity index (χ3n) is 2.77. The third kappa shape index (κ3) is 2.99. The Morgan fingerprint density at radius 1 is 1.20 bits per heavy atom. The van der Waals surface area contributed by atoms with Crippen LogP contribution >= 0.6 is 0 Å². The van der Waals surface area contributed by atoms with Crippen LogP contribution in [0.5, 0.6) is 0 Å². The Bertz CT molecular complexity index is 624. The topological polar surface area (TPSA) is 75.6 Å². The molecule has 1 N–H and O–H groups in total. The second-order valence-electron chi connectivity index (χ2n) is 5.92. The van der Waals surface area contributed by atoms with Crippen molar-refractivity contribution in [3.63, 3.8) is 0 Å². The molecular formula is C15H16N2O3. The van der Waals surface area contributed by atoms with Crippen LogP contribution in [0, 0.1) is 5.41 Å². The number of hydrogen-bond acceptors (Lipinski definition) is 3. The van der Waals surface area contributed by atoms with Gasteiger partial charge in [0.25, 0.3) is 5.91 Å². The summed E-state index contributed by atoms with van der Waals surface area (Å²) in [7, 11) is 0. The number of aliphatic imine (C=N–C) groups is 1. The van der Waals surface area contributed by atoms with E-state index in [1.807, 2.05) is 20.8 Å². The number of fused-ring (bicyclic) bond motifs is 1. The normalized spacial score (nSPS) is 16.9. The van der Waals surface area contributed by atoms with Gasteiger partial charge in [0, 0.05) is 12.0 Å². The quantitative estimate of drug-likeness (QED) is 0.851. The molecule has 0 fully saturated rings. The molecule has 1 aliphatic rings. The highest BCUT2D eigenvalue weighted by Crippen LogP contribution is 2.22. The Morgan fingerprint density at radius 3 is 2.50 bits per heavy atom. The van der Waals surface area contributed by atoms with Crippen LogP contribution in [0.2, 0.25) is 0 Å². The third-order valence-corrected chi connectivity index (χ3v) is 2.77. The van der Waals surface area contributed by atoms with Crippen LogP contribution in [-0.2, 0) is 9.59 Å². The molecule has 0 unspecified atom stereocenters. The largest absolute Gasteiger partial charge is 0.320 e. The number of rotatable bonds is 1. The molecule has 2 rings (SSSR count). The zero-order valence-electron chi connectivity index (χ0n) is 11.7. The Morgan fingerprint density at radius 2 is 1.85 bits per heavy atom.